The van der Waals surface area contributed by atoms with Crippen LogP contribution in [-0.4, -0.2) is 50.7 Å². The quantitative estimate of drug-likeness (QED) is 0.809. The Morgan fingerprint density at radius 1 is 1.07 bits per heavy atom. The molecule has 4 rings (SSSR count). The molecule has 1 aromatic heterocycles. The number of piperidine rings is 1. The topological polar surface area (TPSA) is 105 Å². The van der Waals surface area contributed by atoms with Crippen LogP contribution in [0.15, 0.2) is 30.5 Å². The highest BCUT2D eigenvalue weighted by Crippen LogP contribution is 2.30. The summed E-state index contributed by atoms with van der Waals surface area (Å²) in [6.07, 6.45) is 4.74. The molecular weight excluding hydrogens is 372 g/mol. The van der Waals surface area contributed by atoms with Crippen LogP contribution >= 0.6 is 0 Å². The van der Waals surface area contributed by atoms with E-state index < -0.39 is 5.97 Å². The number of nitrogens with zero attached hydrogens (tertiary/aromatic N) is 3. The van der Waals surface area contributed by atoms with Gasteiger partial charge in [0.1, 0.15) is 5.56 Å². The number of carbonyl (C=O) groups is 3. The molecule has 1 aromatic carbocycles. The van der Waals surface area contributed by atoms with Crippen molar-refractivity contribution in [2.45, 2.75) is 38.6 Å². The molecule has 0 radical (unpaired) electrons. The van der Waals surface area contributed by atoms with Crippen LogP contribution in [0.5, 0.6) is 0 Å². The Kier molecular flexibility index (Phi) is 5.08. The van der Waals surface area contributed by atoms with Gasteiger partial charge in [-0.2, -0.15) is 5.10 Å². The maximum absolute atomic E-state index is 12.8. The first-order valence-electron chi connectivity index (χ1n) is 9.91. The number of likely N-dealkylation sites (tertiary alicyclic amines) is 1. The molecule has 2 aromatic rings. The summed E-state index contributed by atoms with van der Waals surface area (Å²) in [4.78, 5) is 37.6. The SMILES string of the molecule is Cc1c(C(=O)O)cnn1C1CCN(C(=O)c2ccc(NC(=O)C3CC3)cc2)CC1. The summed E-state index contributed by atoms with van der Waals surface area (Å²) in [6, 6.07) is 7.11. The zero-order valence-corrected chi connectivity index (χ0v) is 16.3. The van der Waals surface area contributed by atoms with E-state index in [0.717, 1.165) is 25.7 Å². The number of nitrogens with one attached hydrogen (secondary N) is 1. The highest BCUT2D eigenvalue weighted by atomic mass is 16.4. The number of amides is 2. The molecule has 0 spiro atoms. The van der Waals surface area contributed by atoms with E-state index in [1.54, 1.807) is 35.9 Å². The fraction of sp³-hybridized carbons (Fsp3) is 0.429. The number of carbonyl (C=O) groups excluding carboxylic acids is 2. The number of hydrogen-bond acceptors (Lipinski definition) is 4. The first-order chi connectivity index (χ1) is 13.9. The lowest BCUT2D eigenvalue weighted by Gasteiger charge is -2.32. The first-order valence-corrected chi connectivity index (χ1v) is 9.91. The molecule has 8 heteroatoms. The first kappa shape index (κ1) is 19.2. The van der Waals surface area contributed by atoms with E-state index in [4.69, 9.17) is 0 Å². The Labute approximate surface area is 168 Å². The van der Waals surface area contributed by atoms with E-state index in [9.17, 15) is 19.5 Å². The van der Waals surface area contributed by atoms with E-state index in [-0.39, 0.29) is 29.3 Å². The van der Waals surface area contributed by atoms with Gasteiger partial charge in [0.15, 0.2) is 0 Å². The maximum Gasteiger partial charge on any atom is 0.339 e. The molecule has 2 heterocycles. The van der Waals surface area contributed by atoms with Gasteiger partial charge in [-0.3, -0.25) is 14.3 Å². The van der Waals surface area contributed by atoms with Gasteiger partial charge in [0, 0.05) is 30.3 Å². The second-order valence-electron chi connectivity index (χ2n) is 7.76. The van der Waals surface area contributed by atoms with E-state index >= 15 is 0 Å². The number of anilines is 1. The number of aromatic carboxylic acids is 1. The largest absolute Gasteiger partial charge is 0.478 e. The highest BCUT2D eigenvalue weighted by Gasteiger charge is 2.30. The second-order valence-corrected chi connectivity index (χ2v) is 7.76. The molecule has 0 atom stereocenters. The number of benzene rings is 1. The number of aromatic nitrogens is 2. The Morgan fingerprint density at radius 3 is 2.28 bits per heavy atom. The van der Waals surface area contributed by atoms with Gasteiger partial charge in [0.2, 0.25) is 5.91 Å². The summed E-state index contributed by atoms with van der Waals surface area (Å²) >= 11 is 0. The van der Waals surface area contributed by atoms with E-state index in [0.29, 0.717) is 30.0 Å². The molecule has 1 aliphatic heterocycles. The van der Waals surface area contributed by atoms with Crippen molar-refractivity contribution in [1.29, 1.82) is 0 Å². The summed E-state index contributed by atoms with van der Waals surface area (Å²) in [5.41, 5.74) is 2.17. The summed E-state index contributed by atoms with van der Waals surface area (Å²) in [5.74, 6) is -0.821. The lowest BCUT2D eigenvalue weighted by atomic mass is 10.0. The molecule has 2 amide bonds. The van der Waals surface area contributed by atoms with E-state index in [1.807, 2.05) is 4.90 Å². The van der Waals surface area contributed by atoms with E-state index in [2.05, 4.69) is 10.4 Å². The van der Waals surface area contributed by atoms with Crippen LogP contribution in [0.25, 0.3) is 0 Å². The maximum atomic E-state index is 12.8. The van der Waals surface area contributed by atoms with Crippen molar-refractivity contribution < 1.29 is 19.5 Å². The number of hydrogen-bond donors (Lipinski definition) is 2. The zero-order chi connectivity index (χ0) is 20.5. The van der Waals surface area contributed by atoms with Gasteiger partial charge in [-0.1, -0.05) is 0 Å². The average molecular weight is 396 g/mol. The third-order valence-electron chi connectivity index (χ3n) is 5.72. The van der Waals surface area contributed by atoms with Gasteiger partial charge >= 0.3 is 5.97 Å². The smallest absolute Gasteiger partial charge is 0.339 e. The fourth-order valence-corrected chi connectivity index (χ4v) is 3.78. The molecule has 8 nitrogen and oxygen atoms in total. The predicted octanol–water partition coefficient (Wildman–Crippen LogP) is 2.72. The lowest BCUT2D eigenvalue weighted by Crippen LogP contribution is -2.39. The number of rotatable bonds is 5. The third-order valence-corrected chi connectivity index (χ3v) is 5.72. The van der Waals surface area contributed by atoms with Gasteiger partial charge < -0.3 is 15.3 Å². The van der Waals surface area contributed by atoms with Crippen molar-refractivity contribution >= 4 is 23.5 Å². The molecule has 2 aliphatic rings. The normalized spacial score (nSPS) is 17.2. The fourth-order valence-electron chi connectivity index (χ4n) is 3.78. The van der Waals surface area contributed by atoms with Gasteiger partial charge in [-0.25, -0.2) is 4.79 Å². The molecule has 0 unspecified atom stereocenters. The Balaban J connectivity index is 1.35. The molecule has 0 bridgehead atoms. The minimum absolute atomic E-state index is 0.0352. The van der Waals surface area contributed by atoms with Crippen LogP contribution in [-0.2, 0) is 4.79 Å². The molecule has 2 fully saturated rings. The van der Waals surface area contributed by atoms with Crippen LogP contribution in [0.3, 0.4) is 0 Å². The number of carboxylic acid groups (broad SMARTS) is 1. The summed E-state index contributed by atoms with van der Waals surface area (Å²) in [6.45, 7) is 2.94. The van der Waals surface area contributed by atoms with Crippen LogP contribution in [0, 0.1) is 12.8 Å². The van der Waals surface area contributed by atoms with Crippen molar-refractivity contribution in [3.63, 3.8) is 0 Å². The van der Waals surface area contributed by atoms with Gasteiger partial charge in [-0.15, -0.1) is 0 Å². The molecule has 2 N–H and O–H groups in total. The van der Waals surface area contributed by atoms with E-state index in [1.165, 1.54) is 6.20 Å². The minimum atomic E-state index is -0.974. The lowest BCUT2D eigenvalue weighted by molar-refractivity contribution is -0.117. The zero-order valence-electron chi connectivity index (χ0n) is 16.3. The van der Waals surface area contributed by atoms with Crippen LogP contribution in [0.1, 0.15) is 58.1 Å². The second kappa shape index (κ2) is 7.69. The van der Waals surface area contributed by atoms with Crippen LogP contribution in [0.2, 0.25) is 0 Å². The summed E-state index contributed by atoms with van der Waals surface area (Å²) in [7, 11) is 0. The van der Waals surface area contributed by atoms with Crippen LogP contribution in [0.4, 0.5) is 5.69 Å². The Morgan fingerprint density at radius 2 is 1.72 bits per heavy atom. The average Bonchev–Trinajstić information content (AvgIpc) is 3.50. The van der Waals surface area contributed by atoms with Gasteiger partial charge in [0.05, 0.1) is 17.9 Å². The Bertz CT molecular complexity index is 938. The minimum Gasteiger partial charge on any atom is -0.478 e. The van der Waals surface area contributed by atoms with Crippen molar-refractivity contribution in [2.24, 2.45) is 5.92 Å². The predicted molar refractivity (Wildman–Crippen MR) is 106 cm³/mol. The van der Waals surface area contributed by atoms with Crippen molar-refractivity contribution in [2.75, 3.05) is 18.4 Å². The molecule has 29 heavy (non-hydrogen) atoms. The van der Waals surface area contributed by atoms with Crippen molar-refractivity contribution in [3.05, 3.63) is 47.3 Å². The standard InChI is InChI=1S/C21H24N4O4/c1-13-18(21(28)29)12-22-25(13)17-8-10-24(11-9-17)20(27)15-4-6-16(7-5-15)23-19(26)14-2-3-14/h4-7,12,14,17H,2-3,8-11H2,1H3,(H,23,26)(H,28,29). The van der Waals surface area contributed by atoms with Crippen LogP contribution < -0.4 is 5.32 Å². The molecule has 1 saturated carbocycles. The number of carboxylic acids is 1. The third kappa shape index (κ3) is 4.01. The molecule has 1 saturated heterocycles. The summed E-state index contributed by atoms with van der Waals surface area (Å²) in [5, 5.41) is 16.3. The molecule has 1 aliphatic carbocycles. The van der Waals surface area contributed by atoms with Gasteiger partial charge in [-0.05, 0) is 56.9 Å². The summed E-state index contributed by atoms with van der Waals surface area (Å²) < 4.78 is 1.77. The molecular formula is C21H24N4O4. The highest BCUT2D eigenvalue weighted by molar-refractivity contribution is 5.96. The Hall–Kier alpha value is -3.16. The van der Waals surface area contributed by atoms with Crippen molar-refractivity contribution in [1.82, 2.24) is 14.7 Å². The van der Waals surface area contributed by atoms with Gasteiger partial charge in [0.25, 0.3) is 5.91 Å². The van der Waals surface area contributed by atoms with Crippen molar-refractivity contribution in [3.8, 4) is 0 Å². The monoisotopic (exact) mass is 396 g/mol. The molecule has 152 valence electrons.